The van der Waals surface area contributed by atoms with Gasteiger partial charge in [-0.25, -0.2) is 15.0 Å². The van der Waals surface area contributed by atoms with E-state index in [0.717, 1.165) is 71.9 Å². The summed E-state index contributed by atoms with van der Waals surface area (Å²) in [6, 6.07) is 53.3. The van der Waals surface area contributed by atoms with Crippen molar-refractivity contribution in [2.75, 3.05) is 0 Å². The van der Waals surface area contributed by atoms with E-state index in [0.29, 0.717) is 0 Å². The molecule has 0 aliphatic heterocycles. The lowest BCUT2D eigenvalue weighted by Gasteiger charge is -2.09. The summed E-state index contributed by atoms with van der Waals surface area (Å²) in [6.07, 6.45) is 0. The van der Waals surface area contributed by atoms with Gasteiger partial charge in [-0.3, -0.25) is 0 Å². The molecule has 0 unspecified atom stereocenters. The van der Waals surface area contributed by atoms with Crippen molar-refractivity contribution in [1.82, 2.24) is 15.0 Å². The zero-order chi connectivity index (χ0) is 29.0. The first-order valence-corrected chi connectivity index (χ1v) is 14.9. The van der Waals surface area contributed by atoms with Crippen molar-refractivity contribution in [2.24, 2.45) is 0 Å². The smallest absolute Gasteiger partial charge is 0.0894 e. The number of fused-ring (bicyclic) bond motifs is 6. The van der Waals surface area contributed by atoms with Crippen molar-refractivity contribution in [3.8, 4) is 33.8 Å². The van der Waals surface area contributed by atoms with E-state index < -0.39 is 0 Å². The van der Waals surface area contributed by atoms with Crippen LogP contribution in [0, 0.1) is 0 Å². The fraction of sp³-hybridized carbons (Fsp3) is 0. The second-order valence-electron chi connectivity index (χ2n) is 11.3. The number of aromatic nitrogens is 3. The molecule has 6 aromatic carbocycles. The summed E-state index contributed by atoms with van der Waals surface area (Å²) < 4.78 is 0. The van der Waals surface area contributed by atoms with E-state index in [1.807, 2.05) is 0 Å². The number of rotatable bonds is 3. The number of benzene rings is 6. The quantitative estimate of drug-likeness (QED) is 0.202. The van der Waals surface area contributed by atoms with E-state index in [-0.39, 0.29) is 0 Å². The van der Waals surface area contributed by atoms with Crippen LogP contribution in [0.3, 0.4) is 0 Å². The maximum absolute atomic E-state index is 5.08. The standard InChI is InChI=1S/C41H25N3/c1-2-7-31-23-34(16-9-26(31)5-1)36-20-17-28-11-14-32(24-39(28)42-36)33-15-12-29-18-21-37(43-40(29)25-33)38-22-19-30-13-10-27-6-3-4-8-35(27)41(30)44-38/h1-25H. The van der Waals surface area contributed by atoms with Crippen LogP contribution in [0.15, 0.2) is 152 Å². The molecule has 3 heteroatoms. The maximum atomic E-state index is 5.08. The normalized spacial score (nSPS) is 11.6. The van der Waals surface area contributed by atoms with E-state index in [2.05, 4.69) is 152 Å². The highest BCUT2D eigenvalue weighted by Crippen LogP contribution is 2.31. The molecule has 3 heterocycles. The van der Waals surface area contributed by atoms with E-state index >= 15 is 0 Å². The molecule has 9 aromatic rings. The molecule has 0 radical (unpaired) electrons. The van der Waals surface area contributed by atoms with Crippen molar-refractivity contribution in [2.45, 2.75) is 0 Å². The van der Waals surface area contributed by atoms with Crippen LogP contribution >= 0.6 is 0 Å². The second-order valence-corrected chi connectivity index (χ2v) is 11.3. The number of nitrogens with zero attached hydrogens (tertiary/aromatic N) is 3. The molecule has 0 N–H and O–H groups in total. The first-order chi connectivity index (χ1) is 21.7. The minimum absolute atomic E-state index is 0.865. The van der Waals surface area contributed by atoms with Gasteiger partial charge in [0.15, 0.2) is 0 Å². The van der Waals surface area contributed by atoms with Gasteiger partial charge in [-0.05, 0) is 63.7 Å². The highest BCUT2D eigenvalue weighted by atomic mass is 14.8. The minimum Gasteiger partial charge on any atom is -0.248 e. The zero-order valence-corrected chi connectivity index (χ0v) is 23.8. The van der Waals surface area contributed by atoms with Gasteiger partial charge >= 0.3 is 0 Å². The summed E-state index contributed by atoms with van der Waals surface area (Å²) in [7, 11) is 0. The van der Waals surface area contributed by atoms with Crippen molar-refractivity contribution in [3.63, 3.8) is 0 Å². The van der Waals surface area contributed by atoms with Crippen LogP contribution in [-0.2, 0) is 0 Å². The lowest BCUT2D eigenvalue weighted by Crippen LogP contribution is -1.91. The largest absolute Gasteiger partial charge is 0.248 e. The molecule has 3 nitrogen and oxygen atoms in total. The van der Waals surface area contributed by atoms with Gasteiger partial charge in [-0.1, -0.05) is 115 Å². The topological polar surface area (TPSA) is 38.7 Å². The summed E-state index contributed by atoms with van der Waals surface area (Å²) in [5, 5.41) is 8.15. The maximum Gasteiger partial charge on any atom is 0.0894 e. The third-order valence-corrected chi connectivity index (χ3v) is 8.61. The van der Waals surface area contributed by atoms with Gasteiger partial charge in [-0.15, -0.1) is 0 Å². The third-order valence-electron chi connectivity index (χ3n) is 8.61. The Morgan fingerprint density at radius 2 is 0.795 bits per heavy atom. The van der Waals surface area contributed by atoms with E-state index in [9.17, 15) is 0 Å². The molecule has 0 saturated heterocycles. The molecule has 0 atom stereocenters. The number of hydrogen-bond donors (Lipinski definition) is 0. The van der Waals surface area contributed by atoms with Crippen LogP contribution in [0.2, 0.25) is 0 Å². The van der Waals surface area contributed by atoms with E-state index in [1.54, 1.807) is 0 Å². The highest BCUT2D eigenvalue weighted by molar-refractivity contribution is 6.05. The molecule has 44 heavy (non-hydrogen) atoms. The summed E-state index contributed by atoms with van der Waals surface area (Å²) in [6.45, 7) is 0. The van der Waals surface area contributed by atoms with Crippen LogP contribution < -0.4 is 0 Å². The van der Waals surface area contributed by atoms with E-state index in [1.165, 1.54) is 16.2 Å². The summed E-state index contributed by atoms with van der Waals surface area (Å²) in [4.78, 5) is 15.2. The summed E-state index contributed by atoms with van der Waals surface area (Å²) in [5.41, 5.74) is 8.98. The average molecular weight is 560 g/mol. The predicted octanol–water partition coefficient (Wildman–Crippen LogP) is 10.6. The van der Waals surface area contributed by atoms with Crippen LogP contribution in [0.4, 0.5) is 0 Å². The number of hydrogen-bond acceptors (Lipinski definition) is 3. The van der Waals surface area contributed by atoms with Crippen LogP contribution in [0.1, 0.15) is 0 Å². The fourth-order valence-electron chi connectivity index (χ4n) is 6.25. The molecule has 0 saturated carbocycles. The molecule has 3 aromatic heterocycles. The van der Waals surface area contributed by atoms with Gasteiger partial charge in [0.2, 0.25) is 0 Å². The first kappa shape index (κ1) is 24.6. The molecule has 0 aliphatic carbocycles. The van der Waals surface area contributed by atoms with Crippen LogP contribution in [0.5, 0.6) is 0 Å². The molecule has 204 valence electrons. The van der Waals surface area contributed by atoms with Gasteiger partial charge in [0, 0.05) is 27.1 Å². The lowest BCUT2D eigenvalue weighted by molar-refractivity contribution is 1.32. The summed E-state index contributed by atoms with van der Waals surface area (Å²) in [5.74, 6) is 0. The second kappa shape index (κ2) is 9.82. The predicted molar refractivity (Wildman–Crippen MR) is 184 cm³/mol. The monoisotopic (exact) mass is 559 g/mol. The van der Waals surface area contributed by atoms with Gasteiger partial charge in [0.05, 0.1) is 33.6 Å². The van der Waals surface area contributed by atoms with Gasteiger partial charge < -0.3 is 0 Å². The molecule has 0 bridgehead atoms. The van der Waals surface area contributed by atoms with E-state index in [4.69, 9.17) is 15.0 Å². The Kier molecular flexibility index (Phi) is 5.50. The molecule has 0 spiro atoms. The molecule has 0 fully saturated rings. The van der Waals surface area contributed by atoms with Crippen molar-refractivity contribution in [3.05, 3.63) is 152 Å². The van der Waals surface area contributed by atoms with Crippen LogP contribution in [-0.4, -0.2) is 15.0 Å². The number of pyridine rings is 3. The molecule has 9 rings (SSSR count). The molecule has 0 amide bonds. The zero-order valence-electron chi connectivity index (χ0n) is 23.8. The first-order valence-electron chi connectivity index (χ1n) is 14.9. The fourth-order valence-corrected chi connectivity index (χ4v) is 6.25. The Hall–Kier alpha value is -5.93. The Labute approximate surface area is 254 Å². The van der Waals surface area contributed by atoms with Crippen molar-refractivity contribution >= 4 is 54.3 Å². The Bertz CT molecular complexity index is 2570. The van der Waals surface area contributed by atoms with Gasteiger partial charge in [0.1, 0.15) is 0 Å². The van der Waals surface area contributed by atoms with Crippen LogP contribution in [0.25, 0.3) is 88.0 Å². The molecule has 0 aliphatic rings. The van der Waals surface area contributed by atoms with Crippen molar-refractivity contribution in [1.29, 1.82) is 0 Å². The van der Waals surface area contributed by atoms with Gasteiger partial charge in [-0.2, -0.15) is 0 Å². The summed E-state index contributed by atoms with van der Waals surface area (Å²) >= 11 is 0. The molecular weight excluding hydrogens is 534 g/mol. The third kappa shape index (κ3) is 4.18. The average Bonchev–Trinajstić information content (AvgIpc) is 3.10. The molecular formula is C41H25N3. The Morgan fingerprint density at radius 3 is 1.57 bits per heavy atom. The highest BCUT2D eigenvalue weighted by Gasteiger charge is 2.10. The Morgan fingerprint density at radius 1 is 0.295 bits per heavy atom. The SMILES string of the molecule is c1ccc2cc(-c3ccc4ccc(-c5ccc6ccc(-c7ccc8ccc9ccccc9c8n7)nc6c5)cc4n3)ccc2c1. The van der Waals surface area contributed by atoms with Gasteiger partial charge in [0.25, 0.3) is 0 Å². The minimum atomic E-state index is 0.865. The van der Waals surface area contributed by atoms with Crippen molar-refractivity contribution < 1.29 is 0 Å². The lowest BCUT2D eigenvalue weighted by atomic mass is 10.0. The Balaban J connectivity index is 1.11.